The molecule has 1 aromatic rings. The van der Waals surface area contributed by atoms with Crippen LogP contribution in [0.4, 0.5) is 70.2 Å². The molecule has 0 aliphatic carbocycles. The summed E-state index contributed by atoms with van der Waals surface area (Å²) in [6.07, 6.45) is -18.1. The van der Waals surface area contributed by atoms with Gasteiger partial charge in [0.2, 0.25) is 0 Å². The highest BCUT2D eigenvalue weighted by molar-refractivity contribution is 6.31. The highest BCUT2D eigenvalue weighted by atomic mass is 35.5. The highest BCUT2D eigenvalue weighted by Gasteiger charge is 2.91. The minimum Gasteiger partial charge on any atom is -0.376 e. The molecule has 0 saturated carbocycles. The highest BCUT2D eigenvalue weighted by Crippen LogP contribution is 2.62. The Morgan fingerprint density at radius 2 is 0.970 bits per heavy atom. The SMILES string of the molecule is OC(CC(F)(F)C(F)(F)C(F)(F)C(F)(F)C(F)(F)C(F)(F)F)(c1ccccc1Cl)C(F)(F)F. The molecule has 0 spiro atoms. The zero-order valence-electron chi connectivity index (χ0n) is 14.9. The molecule has 0 aliphatic rings. The van der Waals surface area contributed by atoms with Crippen LogP contribution in [-0.2, 0) is 5.60 Å². The summed E-state index contributed by atoms with van der Waals surface area (Å²) in [4.78, 5) is 0. The van der Waals surface area contributed by atoms with Crippen molar-refractivity contribution >= 4 is 11.6 Å². The quantitative estimate of drug-likeness (QED) is 0.361. The third kappa shape index (κ3) is 4.30. The molecule has 18 heteroatoms. The van der Waals surface area contributed by atoms with Gasteiger partial charge in [-0.05, 0) is 6.07 Å². The fraction of sp³-hybridized carbons (Fsp3) is 0.600. The van der Waals surface area contributed by atoms with Gasteiger partial charge in [0.15, 0.2) is 5.60 Å². The minimum atomic E-state index is -8.30. The Morgan fingerprint density at radius 1 is 0.576 bits per heavy atom. The number of hydrogen-bond donors (Lipinski definition) is 1. The molecule has 0 radical (unpaired) electrons. The first-order valence-electron chi connectivity index (χ1n) is 7.72. The van der Waals surface area contributed by atoms with Crippen LogP contribution in [0.5, 0.6) is 0 Å². The van der Waals surface area contributed by atoms with E-state index < -0.39 is 64.6 Å². The van der Waals surface area contributed by atoms with E-state index in [-0.39, 0.29) is 6.07 Å². The average Bonchev–Trinajstić information content (AvgIpc) is 2.58. The summed E-state index contributed by atoms with van der Waals surface area (Å²) in [7, 11) is 0. The van der Waals surface area contributed by atoms with Crippen molar-refractivity contribution in [3.05, 3.63) is 34.9 Å². The molecule has 1 atom stereocenters. The fourth-order valence-corrected chi connectivity index (χ4v) is 2.67. The molecule has 1 unspecified atom stereocenters. The number of alkyl halides is 16. The molecule has 1 aromatic carbocycles. The first-order chi connectivity index (χ1) is 14.2. The standard InChI is InChI=1S/C15H7ClF16O/c16-7-4-2-1-3-6(7)8(33,14(27,28)29)5-9(17,18)10(19,20)11(21,22)12(23,24)13(25,26)15(30,31)32/h1-4,33H,5H2. The van der Waals surface area contributed by atoms with Gasteiger partial charge in [0.25, 0.3) is 0 Å². The van der Waals surface area contributed by atoms with Crippen molar-refractivity contribution in [2.75, 3.05) is 0 Å². The molecular formula is C15H7ClF16O. The second-order valence-corrected chi connectivity index (χ2v) is 6.92. The van der Waals surface area contributed by atoms with E-state index in [2.05, 4.69) is 0 Å². The maximum Gasteiger partial charge on any atom is 0.460 e. The van der Waals surface area contributed by atoms with E-state index in [1.807, 2.05) is 0 Å². The third-order valence-electron chi connectivity index (χ3n) is 4.26. The van der Waals surface area contributed by atoms with E-state index in [0.717, 1.165) is 6.07 Å². The number of halogens is 17. The largest absolute Gasteiger partial charge is 0.460 e. The van der Waals surface area contributed by atoms with E-state index in [4.69, 9.17) is 11.6 Å². The van der Waals surface area contributed by atoms with Crippen molar-refractivity contribution in [3.8, 4) is 0 Å². The van der Waals surface area contributed by atoms with Gasteiger partial charge in [-0.2, -0.15) is 70.2 Å². The predicted octanol–water partition coefficient (Wildman–Crippen LogP) is 7.22. The first-order valence-corrected chi connectivity index (χ1v) is 8.10. The zero-order valence-corrected chi connectivity index (χ0v) is 15.6. The Labute approximate surface area is 176 Å². The van der Waals surface area contributed by atoms with E-state index in [1.165, 1.54) is 0 Å². The van der Waals surface area contributed by atoms with Crippen LogP contribution in [-0.4, -0.2) is 47.1 Å². The smallest absolute Gasteiger partial charge is 0.376 e. The van der Waals surface area contributed by atoms with Crippen molar-refractivity contribution in [3.63, 3.8) is 0 Å². The second kappa shape index (κ2) is 7.95. The van der Waals surface area contributed by atoms with Crippen LogP contribution >= 0.6 is 11.6 Å². The Bertz CT molecular complexity index is 858. The molecule has 0 heterocycles. The normalized spacial score (nSPS) is 17.2. The summed E-state index contributed by atoms with van der Waals surface area (Å²) in [6.45, 7) is 0. The summed E-state index contributed by atoms with van der Waals surface area (Å²) in [5.41, 5.74) is -7.15. The van der Waals surface area contributed by atoms with Gasteiger partial charge in [-0.15, -0.1) is 0 Å². The first kappa shape index (κ1) is 29.4. The molecule has 0 aliphatic heterocycles. The number of hydrogen-bond acceptors (Lipinski definition) is 1. The molecule has 0 saturated heterocycles. The van der Waals surface area contributed by atoms with Gasteiger partial charge in [-0.25, -0.2) is 0 Å². The maximum atomic E-state index is 14.0. The van der Waals surface area contributed by atoms with Gasteiger partial charge in [0.1, 0.15) is 0 Å². The van der Waals surface area contributed by atoms with Gasteiger partial charge >= 0.3 is 42.0 Å². The molecule has 0 bridgehead atoms. The van der Waals surface area contributed by atoms with Gasteiger partial charge < -0.3 is 5.11 Å². The maximum absolute atomic E-state index is 14.0. The Balaban J connectivity index is 3.69. The second-order valence-electron chi connectivity index (χ2n) is 6.51. The molecular weight excluding hydrogens is 536 g/mol. The lowest BCUT2D eigenvalue weighted by atomic mass is 9.82. The van der Waals surface area contributed by atoms with Gasteiger partial charge in [-0.1, -0.05) is 29.8 Å². The molecule has 1 N–H and O–H groups in total. The van der Waals surface area contributed by atoms with Crippen molar-refractivity contribution in [2.24, 2.45) is 0 Å². The van der Waals surface area contributed by atoms with Crippen LogP contribution in [0.2, 0.25) is 5.02 Å². The van der Waals surface area contributed by atoms with Crippen LogP contribution in [0.15, 0.2) is 24.3 Å². The fourth-order valence-electron chi connectivity index (χ4n) is 2.38. The molecule has 192 valence electrons. The predicted molar refractivity (Wildman–Crippen MR) is 76.8 cm³/mol. The molecule has 0 fully saturated rings. The van der Waals surface area contributed by atoms with Crippen molar-refractivity contribution < 1.29 is 75.4 Å². The molecule has 1 rings (SSSR count). The zero-order chi connectivity index (χ0) is 26.7. The molecule has 0 amide bonds. The Kier molecular flexibility index (Phi) is 7.08. The van der Waals surface area contributed by atoms with Crippen molar-refractivity contribution in [1.82, 2.24) is 0 Å². The molecule has 0 aromatic heterocycles. The lowest BCUT2D eigenvalue weighted by Crippen LogP contribution is -2.70. The van der Waals surface area contributed by atoms with Crippen molar-refractivity contribution in [2.45, 2.75) is 54.0 Å². The van der Waals surface area contributed by atoms with Gasteiger partial charge in [-0.3, -0.25) is 0 Å². The van der Waals surface area contributed by atoms with E-state index in [9.17, 15) is 75.4 Å². The Morgan fingerprint density at radius 3 is 1.33 bits per heavy atom. The van der Waals surface area contributed by atoms with Crippen LogP contribution < -0.4 is 0 Å². The lowest BCUT2D eigenvalue weighted by Gasteiger charge is -2.42. The third-order valence-corrected chi connectivity index (χ3v) is 4.59. The van der Waals surface area contributed by atoms with Crippen LogP contribution in [0.3, 0.4) is 0 Å². The van der Waals surface area contributed by atoms with E-state index in [1.54, 1.807) is 0 Å². The summed E-state index contributed by atoms with van der Waals surface area (Å²) < 4.78 is 210. The lowest BCUT2D eigenvalue weighted by molar-refractivity contribution is -0.443. The summed E-state index contributed by atoms with van der Waals surface area (Å²) in [6, 6.07) is 1.94. The monoisotopic (exact) mass is 542 g/mol. The summed E-state index contributed by atoms with van der Waals surface area (Å²) >= 11 is 5.25. The minimum absolute atomic E-state index is 0.0919. The summed E-state index contributed by atoms with van der Waals surface area (Å²) in [5.74, 6) is -39.8. The molecule has 33 heavy (non-hydrogen) atoms. The summed E-state index contributed by atoms with van der Waals surface area (Å²) in [5, 5.41) is 8.41. The number of benzene rings is 1. The van der Waals surface area contributed by atoms with Crippen LogP contribution in [0.25, 0.3) is 0 Å². The molecule has 1 nitrogen and oxygen atoms in total. The van der Waals surface area contributed by atoms with E-state index >= 15 is 0 Å². The van der Waals surface area contributed by atoms with Gasteiger partial charge in [0, 0.05) is 10.6 Å². The average molecular weight is 543 g/mol. The number of rotatable bonds is 7. The Hall–Kier alpha value is -1.65. The van der Waals surface area contributed by atoms with E-state index in [0.29, 0.717) is 12.1 Å². The van der Waals surface area contributed by atoms with Crippen LogP contribution in [0, 0.1) is 0 Å². The van der Waals surface area contributed by atoms with Gasteiger partial charge in [0.05, 0.1) is 6.42 Å². The number of aliphatic hydroxyl groups is 1. The van der Waals surface area contributed by atoms with Crippen molar-refractivity contribution in [1.29, 1.82) is 0 Å². The topological polar surface area (TPSA) is 20.2 Å². The van der Waals surface area contributed by atoms with Crippen LogP contribution in [0.1, 0.15) is 12.0 Å².